The highest BCUT2D eigenvalue weighted by molar-refractivity contribution is 4.85. The summed E-state index contributed by atoms with van der Waals surface area (Å²) in [5.41, 5.74) is 0. The van der Waals surface area contributed by atoms with Gasteiger partial charge in [-0.25, -0.2) is 0 Å². The van der Waals surface area contributed by atoms with Crippen LogP contribution in [0.5, 0.6) is 0 Å². The van der Waals surface area contributed by atoms with Crippen LogP contribution in [0.15, 0.2) is 0 Å². The third kappa shape index (κ3) is 2.29. The lowest BCUT2D eigenvalue weighted by Gasteiger charge is -2.42. The van der Waals surface area contributed by atoms with Gasteiger partial charge < -0.3 is 5.32 Å². The van der Waals surface area contributed by atoms with E-state index in [9.17, 15) is 0 Å². The van der Waals surface area contributed by atoms with Gasteiger partial charge in [-0.05, 0) is 50.7 Å². The van der Waals surface area contributed by atoms with Crippen molar-refractivity contribution in [2.75, 3.05) is 26.2 Å². The summed E-state index contributed by atoms with van der Waals surface area (Å²) < 4.78 is 0. The Kier molecular flexibility index (Phi) is 3.45. The third-order valence-corrected chi connectivity index (χ3v) is 3.90. The zero-order valence-corrected chi connectivity index (χ0v) is 9.63. The van der Waals surface area contributed by atoms with Crippen LogP contribution in [-0.2, 0) is 0 Å². The molecular weight excluding hydrogens is 172 g/mol. The van der Waals surface area contributed by atoms with Crippen molar-refractivity contribution in [3.63, 3.8) is 0 Å². The van der Waals surface area contributed by atoms with Gasteiger partial charge in [0.1, 0.15) is 0 Å². The summed E-state index contributed by atoms with van der Waals surface area (Å²) in [6.07, 6.45) is 4.21. The molecule has 2 rings (SSSR count). The predicted molar refractivity (Wildman–Crippen MR) is 60.4 cm³/mol. The van der Waals surface area contributed by atoms with Crippen molar-refractivity contribution in [3.05, 3.63) is 0 Å². The zero-order chi connectivity index (χ0) is 9.97. The van der Waals surface area contributed by atoms with E-state index in [1.54, 1.807) is 0 Å². The van der Waals surface area contributed by atoms with Crippen LogP contribution in [0.4, 0.5) is 0 Å². The number of nitrogens with zero attached hydrogens (tertiary/aromatic N) is 1. The van der Waals surface area contributed by atoms with Gasteiger partial charge in [-0.1, -0.05) is 13.8 Å². The SMILES string of the molecule is CC1CCCN(C2CCNCC2C)C1. The highest BCUT2D eigenvalue weighted by atomic mass is 15.2. The fourth-order valence-electron chi connectivity index (χ4n) is 3.07. The van der Waals surface area contributed by atoms with Gasteiger partial charge >= 0.3 is 0 Å². The van der Waals surface area contributed by atoms with Gasteiger partial charge in [-0.3, -0.25) is 4.90 Å². The van der Waals surface area contributed by atoms with Crippen LogP contribution in [0.3, 0.4) is 0 Å². The maximum Gasteiger partial charge on any atom is 0.0145 e. The van der Waals surface area contributed by atoms with Crippen molar-refractivity contribution in [2.45, 2.75) is 39.2 Å². The standard InChI is InChI=1S/C12H24N2/c1-10-4-3-7-14(9-10)12-5-6-13-8-11(12)2/h10-13H,3-9H2,1-2H3. The minimum absolute atomic E-state index is 0.842. The zero-order valence-electron chi connectivity index (χ0n) is 9.63. The average Bonchev–Trinajstić information content (AvgIpc) is 2.18. The molecule has 2 heterocycles. The van der Waals surface area contributed by atoms with Crippen LogP contribution in [-0.4, -0.2) is 37.1 Å². The predicted octanol–water partition coefficient (Wildman–Crippen LogP) is 1.72. The fraction of sp³-hybridized carbons (Fsp3) is 1.00. The van der Waals surface area contributed by atoms with Gasteiger partial charge in [-0.2, -0.15) is 0 Å². The van der Waals surface area contributed by atoms with Crippen LogP contribution in [0.25, 0.3) is 0 Å². The molecule has 0 saturated carbocycles. The number of nitrogens with one attached hydrogen (secondary N) is 1. The van der Waals surface area contributed by atoms with Crippen LogP contribution < -0.4 is 5.32 Å². The first-order valence-electron chi connectivity index (χ1n) is 6.22. The number of hydrogen-bond donors (Lipinski definition) is 1. The molecule has 2 aliphatic rings. The van der Waals surface area contributed by atoms with E-state index >= 15 is 0 Å². The molecular formula is C12H24N2. The largest absolute Gasteiger partial charge is 0.316 e. The minimum Gasteiger partial charge on any atom is -0.316 e. The maximum atomic E-state index is 3.49. The second kappa shape index (κ2) is 4.63. The highest BCUT2D eigenvalue weighted by Gasteiger charge is 2.29. The van der Waals surface area contributed by atoms with E-state index in [4.69, 9.17) is 0 Å². The first kappa shape index (κ1) is 10.4. The monoisotopic (exact) mass is 196 g/mol. The summed E-state index contributed by atoms with van der Waals surface area (Å²) in [5, 5.41) is 3.49. The van der Waals surface area contributed by atoms with Gasteiger partial charge in [0.05, 0.1) is 0 Å². The Morgan fingerprint density at radius 2 is 2.07 bits per heavy atom. The van der Waals surface area contributed by atoms with E-state index in [1.165, 1.54) is 45.4 Å². The summed E-state index contributed by atoms with van der Waals surface area (Å²) in [7, 11) is 0. The van der Waals surface area contributed by atoms with Crippen molar-refractivity contribution >= 4 is 0 Å². The van der Waals surface area contributed by atoms with Gasteiger partial charge in [0, 0.05) is 12.6 Å². The molecule has 2 heteroatoms. The summed E-state index contributed by atoms with van der Waals surface area (Å²) >= 11 is 0. The molecule has 2 aliphatic heterocycles. The van der Waals surface area contributed by atoms with Crippen molar-refractivity contribution in [1.82, 2.24) is 10.2 Å². The van der Waals surface area contributed by atoms with Crippen LogP contribution in [0.2, 0.25) is 0 Å². The summed E-state index contributed by atoms with van der Waals surface area (Å²) in [4.78, 5) is 2.75. The van der Waals surface area contributed by atoms with Crippen LogP contribution in [0.1, 0.15) is 33.1 Å². The molecule has 2 fully saturated rings. The maximum absolute atomic E-state index is 3.49. The Morgan fingerprint density at radius 1 is 1.21 bits per heavy atom. The Balaban J connectivity index is 1.91. The molecule has 0 aromatic heterocycles. The summed E-state index contributed by atoms with van der Waals surface area (Å²) in [6, 6.07) is 0.860. The number of likely N-dealkylation sites (tertiary alicyclic amines) is 1. The van der Waals surface area contributed by atoms with Crippen molar-refractivity contribution in [2.24, 2.45) is 11.8 Å². The van der Waals surface area contributed by atoms with Gasteiger partial charge in [-0.15, -0.1) is 0 Å². The molecule has 1 N–H and O–H groups in total. The number of piperidine rings is 2. The van der Waals surface area contributed by atoms with Crippen LogP contribution >= 0.6 is 0 Å². The molecule has 82 valence electrons. The Labute approximate surface area is 88.1 Å². The van der Waals surface area contributed by atoms with E-state index in [2.05, 4.69) is 24.1 Å². The first-order chi connectivity index (χ1) is 6.77. The Hall–Kier alpha value is -0.0800. The van der Waals surface area contributed by atoms with Crippen molar-refractivity contribution in [1.29, 1.82) is 0 Å². The summed E-state index contributed by atoms with van der Waals surface area (Å²) in [5.74, 6) is 1.76. The number of rotatable bonds is 1. The Morgan fingerprint density at radius 3 is 2.79 bits per heavy atom. The Bertz CT molecular complexity index is 181. The lowest BCUT2D eigenvalue weighted by Crippen LogP contribution is -2.51. The molecule has 0 aromatic rings. The molecule has 3 atom stereocenters. The fourth-order valence-corrected chi connectivity index (χ4v) is 3.07. The molecule has 0 radical (unpaired) electrons. The van der Waals surface area contributed by atoms with Gasteiger partial charge in [0.25, 0.3) is 0 Å². The van der Waals surface area contributed by atoms with E-state index < -0.39 is 0 Å². The molecule has 2 nitrogen and oxygen atoms in total. The van der Waals surface area contributed by atoms with E-state index in [-0.39, 0.29) is 0 Å². The van der Waals surface area contributed by atoms with E-state index in [1.807, 2.05) is 0 Å². The van der Waals surface area contributed by atoms with Gasteiger partial charge in [0.2, 0.25) is 0 Å². The number of hydrogen-bond acceptors (Lipinski definition) is 2. The first-order valence-corrected chi connectivity index (χ1v) is 6.22. The van der Waals surface area contributed by atoms with Crippen molar-refractivity contribution in [3.8, 4) is 0 Å². The van der Waals surface area contributed by atoms with Gasteiger partial charge in [0.15, 0.2) is 0 Å². The topological polar surface area (TPSA) is 15.3 Å². The molecule has 0 amide bonds. The molecule has 0 spiro atoms. The smallest absolute Gasteiger partial charge is 0.0145 e. The molecule has 14 heavy (non-hydrogen) atoms. The average molecular weight is 196 g/mol. The van der Waals surface area contributed by atoms with E-state index in [0.717, 1.165) is 17.9 Å². The molecule has 0 bridgehead atoms. The quantitative estimate of drug-likeness (QED) is 0.687. The van der Waals surface area contributed by atoms with Crippen LogP contribution in [0, 0.1) is 11.8 Å². The third-order valence-electron chi connectivity index (χ3n) is 3.90. The minimum atomic E-state index is 0.842. The van der Waals surface area contributed by atoms with Crippen molar-refractivity contribution < 1.29 is 0 Å². The normalized spacial score (nSPS) is 41.1. The lowest BCUT2D eigenvalue weighted by molar-refractivity contribution is 0.0778. The molecule has 0 aliphatic carbocycles. The molecule has 0 aromatic carbocycles. The second-order valence-corrected chi connectivity index (χ2v) is 5.28. The highest BCUT2D eigenvalue weighted by Crippen LogP contribution is 2.24. The summed E-state index contributed by atoms with van der Waals surface area (Å²) in [6.45, 7) is 9.93. The lowest BCUT2D eigenvalue weighted by atomic mass is 9.90. The molecule has 3 unspecified atom stereocenters. The van der Waals surface area contributed by atoms with E-state index in [0.29, 0.717) is 0 Å². The second-order valence-electron chi connectivity index (χ2n) is 5.28. The molecule has 2 saturated heterocycles.